The minimum atomic E-state index is 0.577. The lowest BCUT2D eigenvalue weighted by Gasteiger charge is -2.38. The summed E-state index contributed by atoms with van der Waals surface area (Å²) in [5, 5.41) is 1.41. The van der Waals surface area contributed by atoms with E-state index in [1.165, 1.54) is 73.8 Å². The van der Waals surface area contributed by atoms with Crippen LogP contribution in [0.3, 0.4) is 0 Å². The van der Waals surface area contributed by atoms with Crippen LogP contribution in [0, 0.1) is 0 Å². The molecule has 0 radical (unpaired) electrons. The number of thiophene rings is 1. The van der Waals surface area contributed by atoms with Gasteiger partial charge in [0.05, 0.1) is 5.39 Å². The molecule has 152 valence electrons. The van der Waals surface area contributed by atoms with Crippen LogP contribution in [0.4, 0.5) is 5.82 Å². The number of nitrogens with zero attached hydrogens (tertiary/aromatic N) is 4. The van der Waals surface area contributed by atoms with Gasteiger partial charge >= 0.3 is 0 Å². The van der Waals surface area contributed by atoms with Gasteiger partial charge < -0.3 is 4.90 Å². The van der Waals surface area contributed by atoms with Gasteiger partial charge in [0.25, 0.3) is 0 Å². The summed E-state index contributed by atoms with van der Waals surface area (Å²) in [6.45, 7) is 9.12. The van der Waals surface area contributed by atoms with Crippen molar-refractivity contribution in [2.45, 2.75) is 83.6 Å². The van der Waals surface area contributed by atoms with Crippen LogP contribution in [0.2, 0.25) is 0 Å². The quantitative estimate of drug-likeness (QED) is 0.716. The van der Waals surface area contributed by atoms with E-state index in [-0.39, 0.29) is 0 Å². The molecule has 0 bridgehead atoms. The zero-order valence-corrected chi connectivity index (χ0v) is 18.4. The van der Waals surface area contributed by atoms with E-state index in [1.54, 1.807) is 10.4 Å². The lowest BCUT2D eigenvalue weighted by Crippen LogP contribution is -2.49. The topological polar surface area (TPSA) is 32.3 Å². The standard InChI is InChI=1S/C23H34N4S/c1-16(2)26-12-14-27(15-13-26)22-20-18-10-6-7-11-19(18)28-23(20)25-21(24-22)17-8-4-3-5-9-17/h16-17H,3-15H2,1-2H3. The molecule has 5 heteroatoms. The van der Waals surface area contributed by atoms with Gasteiger partial charge in [0.15, 0.2) is 0 Å². The van der Waals surface area contributed by atoms with Crippen molar-refractivity contribution in [3.63, 3.8) is 0 Å². The van der Waals surface area contributed by atoms with Crippen molar-refractivity contribution >= 4 is 27.4 Å². The highest BCUT2D eigenvalue weighted by Gasteiger charge is 2.28. The van der Waals surface area contributed by atoms with Gasteiger partial charge in [-0.05, 0) is 57.9 Å². The van der Waals surface area contributed by atoms with Gasteiger partial charge in [0.2, 0.25) is 0 Å². The summed E-state index contributed by atoms with van der Waals surface area (Å²) < 4.78 is 0. The molecule has 3 heterocycles. The van der Waals surface area contributed by atoms with E-state index in [0.717, 1.165) is 32.0 Å². The maximum absolute atomic E-state index is 5.30. The summed E-state index contributed by atoms with van der Waals surface area (Å²) >= 11 is 1.97. The number of hydrogen-bond acceptors (Lipinski definition) is 5. The highest BCUT2D eigenvalue weighted by Crippen LogP contribution is 2.42. The van der Waals surface area contributed by atoms with Crippen molar-refractivity contribution in [3.8, 4) is 0 Å². The van der Waals surface area contributed by atoms with Gasteiger partial charge in [-0.2, -0.15) is 0 Å². The summed E-state index contributed by atoms with van der Waals surface area (Å²) in [7, 11) is 0. The SMILES string of the molecule is CC(C)N1CCN(c2nc(C3CCCCC3)nc3sc4c(c23)CCCC4)CC1. The first kappa shape index (κ1) is 18.8. The van der Waals surface area contributed by atoms with Crippen molar-refractivity contribution in [1.82, 2.24) is 14.9 Å². The lowest BCUT2D eigenvalue weighted by molar-refractivity contribution is 0.209. The predicted molar refractivity (Wildman–Crippen MR) is 119 cm³/mol. The van der Waals surface area contributed by atoms with E-state index < -0.39 is 0 Å². The second-order valence-corrected chi connectivity index (χ2v) is 10.3. The molecule has 1 aliphatic heterocycles. The van der Waals surface area contributed by atoms with E-state index in [0.29, 0.717) is 12.0 Å². The van der Waals surface area contributed by atoms with Crippen LogP contribution in [0.5, 0.6) is 0 Å². The van der Waals surface area contributed by atoms with Gasteiger partial charge in [0, 0.05) is 43.0 Å². The Kier molecular flexibility index (Phi) is 5.31. The zero-order chi connectivity index (χ0) is 19.1. The minimum absolute atomic E-state index is 0.577. The molecule has 0 unspecified atom stereocenters. The Balaban J connectivity index is 1.55. The first-order valence-corrected chi connectivity index (χ1v) is 12.3. The highest BCUT2D eigenvalue weighted by atomic mass is 32.1. The summed E-state index contributed by atoms with van der Waals surface area (Å²) in [6, 6.07) is 0.638. The lowest BCUT2D eigenvalue weighted by atomic mass is 9.88. The van der Waals surface area contributed by atoms with Crippen LogP contribution in [0.25, 0.3) is 10.2 Å². The van der Waals surface area contributed by atoms with E-state index in [1.807, 2.05) is 11.3 Å². The van der Waals surface area contributed by atoms with E-state index >= 15 is 0 Å². The average Bonchev–Trinajstić information content (AvgIpc) is 3.12. The maximum atomic E-state index is 5.30. The fraction of sp³-hybridized carbons (Fsp3) is 0.739. The molecule has 0 N–H and O–H groups in total. The Morgan fingerprint density at radius 1 is 0.893 bits per heavy atom. The van der Waals surface area contributed by atoms with E-state index in [9.17, 15) is 0 Å². The second kappa shape index (κ2) is 7.91. The second-order valence-electron chi connectivity index (χ2n) is 9.25. The fourth-order valence-corrected chi connectivity index (χ4v) is 6.64. The van der Waals surface area contributed by atoms with Crippen molar-refractivity contribution in [3.05, 3.63) is 16.3 Å². The van der Waals surface area contributed by atoms with Crippen molar-refractivity contribution in [2.75, 3.05) is 31.1 Å². The molecule has 2 fully saturated rings. The maximum Gasteiger partial charge on any atom is 0.141 e. The summed E-state index contributed by atoms with van der Waals surface area (Å²) in [4.78, 5) is 18.5. The van der Waals surface area contributed by atoms with Crippen LogP contribution in [-0.4, -0.2) is 47.1 Å². The summed E-state index contributed by atoms with van der Waals surface area (Å²) in [6.07, 6.45) is 11.8. The third-order valence-electron chi connectivity index (χ3n) is 7.13. The smallest absolute Gasteiger partial charge is 0.141 e. The van der Waals surface area contributed by atoms with Crippen molar-refractivity contribution < 1.29 is 0 Å². The molecule has 0 spiro atoms. The molecule has 2 aliphatic carbocycles. The number of hydrogen-bond donors (Lipinski definition) is 0. The Labute approximate surface area is 173 Å². The third-order valence-corrected chi connectivity index (χ3v) is 8.31. The molecule has 4 nitrogen and oxygen atoms in total. The molecule has 3 aliphatic rings. The van der Waals surface area contributed by atoms with Crippen LogP contribution < -0.4 is 4.90 Å². The van der Waals surface area contributed by atoms with Gasteiger partial charge in [-0.1, -0.05) is 19.3 Å². The molecule has 0 atom stereocenters. The average molecular weight is 399 g/mol. The molecule has 0 aromatic carbocycles. The van der Waals surface area contributed by atoms with Gasteiger partial charge in [0.1, 0.15) is 16.5 Å². The number of rotatable bonds is 3. The normalized spacial score (nSPS) is 22.2. The Morgan fingerprint density at radius 2 is 1.64 bits per heavy atom. The molecule has 1 saturated heterocycles. The van der Waals surface area contributed by atoms with E-state index in [2.05, 4.69) is 23.6 Å². The molecule has 2 aromatic heterocycles. The number of aromatic nitrogens is 2. The summed E-state index contributed by atoms with van der Waals surface area (Å²) in [5.74, 6) is 2.99. The van der Waals surface area contributed by atoms with Crippen LogP contribution in [0.15, 0.2) is 0 Å². The molecule has 2 aromatic rings. The number of anilines is 1. The largest absolute Gasteiger partial charge is 0.353 e. The first-order chi connectivity index (χ1) is 13.7. The molecule has 5 rings (SSSR count). The Morgan fingerprint density at radius 3 is 2.39 bits per heavy atom. The minimum Gasteiger partial charge on any atom is -0.353 e. The molecule has 28 heavy (non-hydrogen) atoms. The molecular weight excluding hydrogens is 364 g/mol. The zero-order valence-electron chi connectivity index (χ0n) is 17.5. The number of aryl methyl sites for hydroxylation is 2. The highest BCUT2D eigenvalue weighted by molar-refractivity contribution is 7.19. The molecule has 0 amide bonds. The Bertz CT molecular complexity index is 829. The van der Waals surface area contributed by atoms with E-state index in [4.69, 9.17) is 9.97 Å². The van der Waals surface area contributed by atoms with Gasteiger partial charge in [-0.3, -0.25) is 4.90 Å². The third kappa shape index (κ3) is 3.45. The molecular formula is C23H34N4S. The number of piperazine rings is 1. The van der Waals surface area contributed by atoms with Crippen LogP contribution in [0.1, 0.15) is 81.0 Å². The molecule has 1 saturated carbocycles. The van der Waals surface area contributed by atoms with Gasteiger partial charge in [-0.25, -0.2) is 9.97 Å². The summed E-state index contributed by atoms with van der Waals surface area (Å²) in [5.41, 5.74) is 1.59. The van der Waals surface area contributed by atoms with Crippen molar-refractivity contribution in [2.24, 2.45) is 0 Å². The number of fused-ring (bicyclic) bond motifs is 3. The fourth-order valence-electron chi connectivity index (χ4n) is 5.38. The van der Waals surface area contributed by atoms with Crippen molar-refractivity contribution in [1.29, 1.82) is 0 Å². The first-order valence-electron chi connectivity index (χ1n) is 11.5. The predicted octanol–water partition coefficient (Wildman–Crippen LogP) is 5.15. The van der Waals surface area contributed by atoms with Crippen LogP contribution in [-0.2, 0) is 12.8 Å². The van der Waals surface area contributed by atoms with Crippen LogP contribution >= 0.6 is 11.3 Å². The monoisotopic (exact) mass is 398 g/mol. The van der Waals surface area contributed by atoms with Gasteiger partial charge in [-0.15, -0.1) is 11.3 Å². The Hall–Kier alpha value is -1.20.